The van der Waals surface area contributed by atoms with Gasteiger partial charge in [-0.1, -0.05) is 0 Å². The van der Waals surface area contributed by atoms with Gasteiger partial charge in [0, 0.05) is 18.1 Å². The Morgan fingerprint density at radius 2 is 2.77 bits per heavy atom. The molecule has 1 aliphatic heterocycles. The molecule has 1 aromatic rings. The number of hydrazone groups is 1. The molecule has 1 saturated heterocycles. The molecular weight excluding hydrogens is 184 g/mol. The van der Waals surface area contributed by atoms with Crippen molar-refractivity contribution in [1.29, 1.82) is 0 Å². The van der Waals surface area contributed by atoms with Crippen LogP contribution in [0.1, 0.15) is 12.2 Å². The minimum Gasteiger partial charge on any atom is -0.344 e. The summed E-state index contributed by atoms with van der Waals surface area (Å²) in [6, 6.07) is 0.538. The molecular formula is C8H12N4S. The van der Waals surface area contributed by atoms with Crippen molar-refractivity contribution in [3.63, 3.8) is 0 Å². The van der Waals surface area contributed by atoms with Gasteiger partial charge < -0.3 is 10.4 Å². The average Bonchev–Trinajstić information content (AvgIpc) is 2.75. The highest BCUT2D eigenvalue weighted by Gasteiger charge is 2.13. The molecule has 70 valence electrons. The van der Waals surface area contributed by atoms with E-state index in [0.717, 1.165) is 11.6 Å². The molecule has 0 radical (unpaired) electrons. The molecule has 0 bridgehead atoms. The van der Waals surface area contributed by atoms with Gasteiger partial charge in [0.2, 0.25) is 0 Å². The molecule has 1 aliphatic rings. The van der Waals surface area contributed by atoms with E-state index in [1.807, 2.05) is 11.8 Å². The number of hydrogen-bond acceptors (Lipinski definition) is 4. The van der Waals surface area contributed by atoms with Gasteiger partial charge in [0.05, 0.1) is 12.3 Å². The lowest BCUT2D eigenvalue weighted by atomic mass is 10.3. The van der Waals surface area contributed by atoms with Gasteiger partial charge in [-0.2, -0.15) is 16.9 Å². The number of nitrogens with zero attached hydrogens (tertiary/aromatic N) is 2. The van der Waals surface area contributed by atoms with E-state index in [2.05, 4.69) is 20.5 Å². The number of imidazole rings is 1. The SMILES string of the molecule is C(=N\NC1CCSC1)/c1ncc[nH]1. The summed E-state index contributed by atoms with van der Waals surface area (Å²) < 4.78 is 0. The van der Waals surface area contributed by atoms with Gasteiger partial charge in [-0.05, 0) is 12.2 Å². The largest absolute Gasteiger partial charge is 0.344 e. The third-order valence-corrected chi connectivity index (χ3v) is 3.06. The molecule has 4 nitrogen and oxygen atoms in total. The number of aromatic nitrogens is 2. The first kappa shape index (κ1) is 8.62. The van der Waals surface area contributed by atoms with Gasteiger partial charge in [0.15, 0.2) is 0 Å². The number of hydrogen-bond donors (Lipinski definition) is 2. The topological polar surface area (TPSA) is 53.1 Å². The standard InChI is InChI=1S/C8H12N4S/c1-4-13-6-7(1)12-11-5-8-9-2-3-10-8/h2-3,5,7,12H,1,4,6H2,(H,9,10)/b11-5+. The van der Waals surface area contributed by atoms with Crippen molar-refractivity contribution < 1.29 is 0 Å². The van der Waals surface area contributed by atoms with E-state index in [-0.39, 0.29) is 0 Å². The predicted octanol–water partition coefficient (Wildman–Crippen LogP) is 0.839. The van der Waals surface area contributed by atoms with Crippen molar-refractivity contribution in [3.05, 3.63) is 18.2 Å². The molecule has 2 N–H and O–H groups in total. The van der Waals surface area contributed by atoms with Crippen LogP contribution in [0.2, 0.25) is 0 Å². The van der Waals surface area contributed by atoms with Gasteiger partial charge in [-0.15, -0.1) is 0 Å². The normalized spacial score (nSPS) is 22.6. The second-order valence-electron chi connectivity index (χ2n) is 2.92. The summed E-state index contributed by atoms with van der Waals surface area (Å²) in [6.07, 6.45) is 6.42. The molecule has 0 aliphatic carbocycles. The first-order chi connectivity index (χ1) is 6.45. The van der Waals surface area contributed by atoms with Crippen LogP contribution in [-0.2, 0) is 0 Å². The highest BCUT2D eigenvalue weighted by atomic mass is 32.2. The minimum absolute atomic E-state index is 0.538. The molecule has 0 aromatic carbocycles. The number of rotatable bonds is 3. The van der Waals surface area contributed by atoms with Crippen LogP contribution in [0.15, 0.2) is 17.5 Å². The Hall–Kier alpha value is -0.970. The number of aromatic amines is 1. The molecule has 1 aromatic heterocycles. The summed E-state index contributed by atoms with van der Waals surface area (Å²) in [6.45, 7) is 0. The van der Waals surface area contributed by atoms with Gasteiger partial charge in [-0.25, -0.2) is 4.98 Å². The van der Waals surface area contributed by atoms with Crippen LogP contribution in [0.5, 0.6) is 0 Å². The third kappa shape index (κ3) is 2.48. The van der Waals surface area contributed by atoms with E-state index in [1.165, 1.54) is 12.2 Å². The van der Waals surface area contributed by atoms with Crippen LogP contribution in [0, 0.1) is 0 Å². The van der Waals surface area contributed by atoms with Gasteiger partial charge >= 0.3 is 0 Å². The molecule has 1 unspecified atom stereocenters. The Kier molecular flexibility index (Phi) is 2.86. The van der Waals surface area contributed by atoms with Crippen molar-refractivity contribution in [3.8, 4) is 0 Å². The molecule has 2 rings (SSSR count). The van der Waals surface area contributed by atoms with Crippen molar-refractivity contribution in [1.82, 2.24) is 15.4 Å². The van der Waals surface area contributed by atoms with E-state index in [4.69, 9.17) is 0 Å². The molecule has 0 spiro atoms. The van der Waals surface area contributed by atoms with Crippen LogP contribution < -0.4 is 5.43 Å². The molecule has 0 saturated carbocycles. The van der Waals surface area contributed by atoms with E-state index < -0.39 is 0 Å². The van der Waals surface area contributed by atoms with Crippen LogP contribution in [0.3, 0.4) is 0 Å². The summed E-state index contributed by atoms with van der Waals surface area (Å²) in [4.78, 5) is 6.99. The maximum atomic E-state index is 4.11. The maximum absolute atomic E-state index is 4.11. The van der Waals surface area contributed by atoms with E-state index in [0.29, 0.717) is 6.04 Å². The van der Waals surface area contributed by atoms with Crippen LogP contribution in [0.4, 0.5) is 0 Å². The average molecular weight is 196 g/mol. The first-order valence-electron chi connectivity index (χ1n) is 4.31. The Bertz CT molecular complexity index is 264. The summed E-state index contributed by atoms with van der Waals surface area (Å²) in [5.41, 5.74) is 3.11. The molecule has 2 heterocycles. The Balaban J connectivity index is 1.78. The Morgan fingerprint density at radius 3 is 3.46 bits per heavy atom. The number of nitrogens with one attached hydrogen (secondary N) is 2. The zero-order valence-corrected chi connectivity index (χ0v) is 8.05. The van der Waals surface area contributed by atoms with Crippen molar-refractivity contribution >= 4 is 18.0 Å². The summed E-state index contributed by atoms with van der Waals surface area (Å²) in [5.74, 6) is 3.20. The fourth-order valence-electron chi connectivity index (χ4n) is 1.19. The Morgan fingerprint density at radius 1 is 1.77 bits per heavy atom. The lowest BCUT2D eigenvalue weighted by Gasteiger charge is -2.05. The van der Waals surface area contributed by atoms with E-state index in [9.17, 15) is 0 Å². The molecule has 1 fully saturated rings. The number of H-pyrrole nitrogens is 1. The maximum Gasteiger partial charge on any atom is 0.150 e. The fourth-order valence-corrected chi connectivity index (χ4v) is 2.33. The number of thioether (sulfide) groups is 1. The van der Waals surface area contributed by atoms with E-state index in [1.54, 1.807) is 18.6 Å². The molecule has 5 heteroatoms. The summed E-state index contributed by atoms with van der Waals surface area (Å²) in [7, 11) is 0. The van der Waals surface area contributed by atoms with Gasteiger partial charge in [0.1, 0.15) is 5.82 Å². The van der Waals surface area contributed by atoms with Crippen LogP contribution in [0.25, 0.3) is 0 Å². The lowest BCUT2D eigenvalue weighted by molar-refractivity contribution is 0.586. The smallest absolute Gasteiger partial charge is 0.150 e. The monoisotopic (exact) mass is 196 g/mol. The fraction of sp³-hybridized carbons (Fsp3) is 0.500. The third-order valence-electron chi connectivity index (χ3n) is 1.89. The molecule has 0 amide bonds. The second-order valence-corrected chi connectivity index (χ2v) is 4.07. The van der Waals surface area contributed by atoms with Gasteiger partial charge in [-0.3, -0.25) is 0 Å². The zero-order valence-electron chi connectivity index (χ0n) is 7.23. The quantitative estimate of drug-likeness (QED) is 0.556. The molecule has 1 atom stereocenters. The van der Waals surface area contributed by atoms with E-state index >= 15 is 0 Å². The highest BCUT2D eigenvalue weighted by molar-refractivity contribution is 7.99. The lowest BCUT2D eigenvalue weighted by Crippen LogP contribution is -2.23. The van der Waals surface area contributed by atoms with Crippen molar-refractivity contribution in [2.24, 2.45) is 5.10 Å². The van der Waals surface area contributed by atoms with Crippen LogP contribution in [-0.4, -0.2) is 33.7 Å². The molecule has 13 heavy (non-hydrogen) atoms. The minimum atomic E-state index is 0.538. The highest BCUT2D eigenvalue weighted by Crippen LogP contribution is 2.16. The summed E-state index contributed by atoms with van der Waals surface area (Å²) in [5, 5.41) is 4.11. The Labute approximate surface area is 81.2 Å². The predicted molar refractivity (Wildman–Crippen MR) is 55.0 cm³/mol. The van der Waals surface area contributed by atoms with Gasteiger partial charge in [0.25, 0.3) is 0 Å². The second kappa shape index (κ2) is 4.32. The van der Waals surface area contributed by atoms with Crippen molar-refractivity contribution in [2.45, 2.75) is 12.5 Å². The summed E-state index contributed by atoms with van der Waals surface area (Å²) >= 11 is 1.97. The zero-order chi connectivity index (χ0) is 8.93. The first-order valence-corrected chi connectivity index (χ1v) is 5.46. The van der Waals surface area contributed by atoms with Crippen LogP contribution >= 0.6 is 11.8 Å². The van der Waals surface area contributed by atoms with Crippen molar-refractivity contribution in [2.75, 3.05) is 11.5 Å².